The normalized spacial score (nSPS) is 11.1. The van der Waals surface area contributed by atoms with Gasteiger partial charge in [0.15, 0.2) is 0 Å². The van der Waals surface area contributed by atoms with Crippen molar-refractivity contribution in [2.24, 2.45) is 0 Å². The second-order valence-corrected chi connectivity index (χ2v) is 4.64. The van der Waals surface area contributed by atoms with E-state index in [0.29, 0.717) is 5.56 Å². The Hall–Kier alpha value is -1.86. The van der Waals surface area contributed by atoms with Gasteiger partial charge in [0.05, 0.1) is 22.7 Å². The summed E-state index contributed by atoms with van der Waals surface area (Å²) in [7, 11) is 4.12. The molecule has 1 heterocycles. The summed E-state index contributed by atoms with van der Waals surface area (Å²) in [5.41, 5.74) is 2.71. The predicted molar refractivity (Wildman–Crippen MR) is 72.4 cm³/mol. The van der Waals surface area contributed by atoms with E-state index in [4.69, 9.17) is 5.26 Å². The summed E-state index contributed by atoms with van der Waals surface area (Å²) in [6.07, 6.45) is 0.928. The molecule has 2 aromatic rings. The Morgan fingerprint density at radius 1 is 1.39 bits per heavy atom. The number of rotatable bonds is 4. The molecule has 0 spiro atoms. The fourth-order valence-electron chi connectivity index (χ4n) is 2.12. The molecule has 0 aliphatic rings. The minimum Gasteiger partial charge on any atom is -0.328 e. The topological polar surface area (TPSA) is 44.9 Å². The van der Waals surface area contributed by atoms with Gasteiger partial charge in [0.25, 0.3) is 0 Å². The minimum absolute atomic E-state index is 0.669. The summed E-state index contributed by atoms with van der Waals surface area (Å²) in [6.45, 7) is 4.01. The van der Waals surface area contributed by atoms with Crippen molar-refractivity contribution in [3.05, 3.63) is 29.6 Å². The van der Waals surface area contributed by atoms with Crippen LogP contribution in [0.2, 0.25) is 0 Å². The van der Waals surface area contributed by atoms with Crippen molar-refractivity contribution < 1.29 is 0 Å². The van der Waals surface area contributed by atoms with Crippen molar-refractivity contribution in [2.45, 2.75) is 19.9 Å². The Bertz CT molecular complexity index is 590. The molecule has 0 amide bonds. The third-order valence-corrected chi connectivity index (χ3v) is 3.06. The molecule has 0 aliphatic carbocycles. The number of hydrogen-bond acceptors (Lipinski definition) is 3. The highest BCUT2D eigenvalue weighted by Crippen LogP contribution is 2.18. The Kier molecular flexibility index (Phi) is 3.63. The molecular formula is C14H18N4. The van der Waals surface area contributed by atoms with E-state index >= 15 is 0 Å². The first-order valence-electron chi connectivity index (χ1n) is 6.19. The second-order valence-electron chi connectivity index (χ2n) is 4.64. The predicted octanol–water partition coefficient (Wildman–Crippen LogP) is 2.03. The van der Waals surface area contributed by atoms with Crippen LogP contribution in [0, 0.1) is 11.3 Å². The first kappa shape index (κ1) is 12.6. The van der Waals surface area contributed by atoms with Gasteiger partial charge >= 0.3 is 0 Å². The molecule has 1 aromatic carbocycles. The highest BCUT2D eigenvalue weighted by atomic mass is 15.1. The zero-order valence-electron chi connectivity index (χ0n) is 11.1. The van der Waals surface area contributed by atoms with Crippen molar-refractivity contribution in [2.75, 3.05) is 20.6 Å². The van der Waals surface area contributed by atoms with Gasteiger partial charge in [-0.1, -0.05) is 0 Å². The van der Waals surface area contributed by atoms with Gasteiger partial charge in [-0.05, 0) is 39.2 Å². The molecule has 0 radical (unpaired) electrons. The lowest BCUT2D eigenvalue weighted by Gasteiger charge is -2.10. The number of hydrogen-bond donors (Lipinski definition) is 0. The summed E-state index contributed by atoms with van der Waals surface area (Å²) < 4.78 is 2.22. The molecule has 0 bridgehead atoms. The van der Waals surface area contributed by atoms with E-state index in [9.17, 15) is 0 Å². The lowest BCUT2D eigenvalue weighted by atomic mass is 10.2. The summed E-state index contributed by atoms with van der Waals surface area (Å²) >= 11 is 0. The van der Waals surface area contributed by atoms with E-state index in [0.717, 1.165) is 36.4 Å². The summed E-state index contributed by atoms with van der Waals surface area (Å²) in [4.78, 5) is 6.80. The van der Waals surface area contributed by atoms with Crippen LogP contribution in [-0.4, -0.2) is 35.1 Å². The summed E-state index contributed by atoms with van der Waals surface area (Å²) in [5, 5.41) is 8.92. The molecule has 0 saturated heterocycles. The smallest absolute Gasteiger partial charge is 0.111 e. The quantitative estimate of drug-likeness (QED) is 0.824. The van der Waals surface area contributed by atoms with Gasteiger partial charge < -0.3 is 9.47 Å². The highest BCUT2D eigenvalue weighted by molar-refractivity contribution is 5.77. The molecule has 0 atom stereocenters. The number of likely N-dealkylation sites (N-methyl/N-ethyl adjacent to an activating group) is 1. The molecule has 18 heavy (non-hydrogen) atoms. The fourth-order valence-corrected chi connectivity index (χ4v) is 2.12. The minimum atomic E-state index is 0.669. The van der Waals surface area contributed by atoms with E-state index in [-0.39, 0.29) is 0 Å². The van der Waals surface area contributed by atoms with Crippen LogP contribution < -0.4 is 0 Å². The number of aryl methyl sites for hydroxylation is 1. The maximum Gasteiger partial charge on any atom is 0.111 e. The van der Waals surface area contributed by atoms with Gasteiger partial charge in [-0.25, -0.2) is 4.98 Å². The largest absolute Gasteiger partial charge is 0.328 e. The van der Waals surface area contributed by atoms with Crippen molar-refractivity contribution in [3.63, 3.8) is 0 Å². The molecule has 0 fully saturated rings. The first-order chi connectivity index (χ1) is 8.65. The Morgan fingerprint density at radius 3 is 2.78 bits per heavy atom. The molecule has 4 heteroatoms. The third kappa shape index (κ3) is 2.36. The van der Waals surface area contributed by atoms with Crippen molar-refractivity contribution in [1.82, 2.24) is 14.5 Å². The van der Waals surface area contributed by atoms with Crippen molar-refractivity contribution in [1.29, 1.82) is 5.26 Å². The monoisotopic (exact) mass is 242 g/mol. The number of nitriles is 1. The van der Waals surface area contributed by atoms with E-state index in [1.54, 1.807) is 0 Å². The zero-order valence-corrected chi connectivity index (χ0v) is 11.1. The van der Waals surface area contributed by atoms with Crippen LogP contribution in [0.25, 0.3) is 11.0 Å². The van der Waals surface area contributed by atoms with E-state index in [1.165, 1.54) is 0 Å². The summed E-state index contributed by atoms with van der Waals surface area (Å²) in [5.74, 6) is 1.09. The van der Waals surface area contributed by atoms with Crippen molar-refractivity contribution in [3.8, 4) is 6.07 Å². The Balaban J connectivity index is 2.44. The number of nitrogens with zero attached hydrogens (tertiary/aromatic N) is 4. The van der Waals surface area contributed by atoms with Crippen LogP contribution in [-0.2, 0) is 13.0 Å². The average molecular weight is 242 g/mol. The third-order valence-electron chi connectivity index (χ3n) is 3.06. The lowest BCUT2D eigenvalue weighted by Crippen LogP contribution is -2.17. The van der Waals surface area contributed by atoms with Crippen molar-refractivity contribution >= 4 is 11.0 Å². The fraction of sp³-hybridized carbons (Fsp3) is 0.429. The Morgan fingerprint density at radius 2 is 2.17 bits per heavy atom. The van der Waals surface area contributed by atoms with Crippen LogP contribution in [0.15, 0.2) is 18.2 Å². The van der Waals surface area contributed by atoms with Crippen LogP contribution in [0.3, 0.4) is 0 Å². The molecule has 2 rings (SSSR count). The van der Waals surface area contributed by atoms with E-state index in [2.05, 4.69) is 41.5 Å². The van der Waals surface area contributed by atoms with Gasteiger partial charge in [0.2, 0.25) is 0 Å². The van der Waals surface area contributed by atoms with Gasteiger partial charge in [-0.15, -0.1) is 0 Å². The highest BCUT2D eigenvalue weighted by Gasteiger charge is 2.10. The van der Waals surface area contributed by atoms with Gasteiger partial charge in [-0.2, -0.15) is 5.26 Å². The van der Waals surface area contributed by atoms with Crippen LogP contribution in [0.1, 0.15) is 18.3 Å². The number of aromatic nitrogens is 2. The second kappa shape index (κ2) is 5.19. The molecule has 1 aromatic heterocycles. The lowest BCUT2D eigenvalue weighted by molar-refractivity contribution is 0.406. The maximum absolute atomic E-state index is 8.92. The van der Waals surface area contributed by atoms with Gasteiger partial charge in [0.1, 0.15) is 5.82 Å². The molecule has 4 nitrogen and oxygen atoms in total. The van der Waals surface area contributed by atoms with Crippen LogP contribution in [0.5, 0.6) is 0 Å². The van der Waals surface area contributed by atoms with E-state index < -0.39 is 0 Å². The number of benzene rings is 1. The summed E-state index contributed by atoms with van der Waals surface area (Å²) in [6, 6.07) is 7.86. The van der Waals surface area contributed by atoms with E-state index in [1.807, 2.05) is 18.2 Å². The molecule has 0 saturated carbocycles. The number of fused-ring (bicyclic) bond motifs is 1. The molecule has 0 aliphatic heterocycles. The molecular weight excluding hydrogens is 224 g/mol. The number of imidazole rings is 1. The average Bonchev–Trinajstić information content (AvgIpc) is 2.72. The SMILES string of the molecule is CCn1c(CCN(C)C)nc2cc(C#N)ccc21. The molecule has 0 N–H and O–H groups in total. The standard InChI is InChI=1S/C14H18N4/c1-4-18-13-6-5-11(10-15)9-12(13)16-14(18)7-8-17(2)3/h5-6,9H,4,7-8H2,1-3H3. The van der Waals surface area contributed by atoms with Crippen LogP contribution >= 0.6 is 0 Å². The molecule has 0 unspecified atom stereocenters. The maximum atomic E-state index is 8.92. The Labute approximate surface area is 107 Å². The van der Waals surface area contributed by atoms with Gasteiger partial charge in [0, 0.05) is 19.5 Å². The zero-order chi connectivity index (χ0) is 13.1. The first-order valence-corrected chi connectivity index (χ1v) is 6.19. The molecule has 94 valence electrons. The van der Waals surface area contributed by atoms with Crippen LogP contribution in [0.4, 0.5) is 0 Å². The van der Waals surface area contributed by atoms with Gasteiger partial charge in [-0.3, -0.25) is 0 Å².